The Labute approximate surface area is 120 Å². The number of methoxy groups -OCH3 is 1. The van der Waals surface area contributed by atoms with Crippen molar-refractivity contribution >= 4 is 29.2 Å². The molecule has 0 spiro atoms. The van der Waals surface area contributed by atoms with Crippen LogP contribution in [0, 0.1) is 5.41 Å². The van der Waals surface area contributed by atoms with Gasteiger partial charge in [-0.05, 0) is 18.2 Å². The van der Waals surface area contributed by atoms with Crippen molar-refractivity contribution in [3.05, 3.63) is 47.1 Å². The Morgan fingerprint density at radius 1 is 1.37 bits per heavy atom. The Kier molecular flexibility index (Phi) is 4.29. The molecule has 1 aromatic carbocycles. The maximum absolute atomic E-state index is 7.46. The third-order valence-electron chi connectivity index (χ3n) is 2.42. The number of ether oxygens (including phenoxy) is 1. The first-order valence-corrected chi connectivity index (χ1v) is 6.62. The van der Waals surface area contributed by atoms with Crippen molar-refractivity contribution in [3.63, 3.8) is 0 Å². The molecule has 6 heteroatoms. The molecule has 3 N–H and O–H groups in total. The van der Waals surface area contributed by atoms with Crippen molar-refractivity contribution in [1.29, 1.82) is 5.41 Å². The van der Waals surface area contributed by atoms with Gasteiger partial charge in [-0.1, -0.05) is 35.5 Å². The molecule has 1 heterocycles. The van der Waals surface area contributed by atoms with E-state index in [0.717, 1.165) is 10.6 Å². The van der Waals surface area contributed by atoms with Gasteiger partial charge in [0.2, 0.25) is 0 Å². The number of aromatic nitrogens is 1. The highest BCUT2D eigenvalue weighted by Crippen LogP contribution is 2.37. The van der Waals surface area contributed by atoms with E-state index >= 15 is 0 Å². The highest BCUT2D eigenvalue weighted by atomic mass is 35.5. The Morgan fingerprint density at radius 3 is 2.79 bits per heavy atom. The smallest absolute Gasteiger partial charge is 0.132 e. The molecule has 0 bridgehead atoms. The molecule has 0 aliphatic carbocycles. The lowest BCUT2D eigenvalue weighted by molar-refractivity contribution is 0.405. The molecule has 4 nitrogen and oxygen atoms in total. The van der Waals surface area contributed by atoms with Crippen LogP contribution < -0.4 is 10.5 Å². The molecule has 0 aliphatic heterocycles. The number of amidine groups is 1. The zero-order valence-corrected chi connectivity index (χ0v) is 11.8. The van der Waals surface area contributed by atoms with Gasteiger partial charge in [0.1, 0.15) is 16.6 Å². The van der Waals surface area contributed by atoms with Crippen LogP contribution in [0.2, 0.25) is 5.02 Å². The molecule has 98 valence electrons. The van der Waals surface area contributed by atoms with E-state index in [1.807, 2.05) is 24.3 Å². The zero-order chi connectivity index (χ0) is 13.8. The van der Waals surface area contributed by atoms with Crippen LogP contribution in [0.5, 0.6) is 5.75 Å². The van der Waals surface area contributed by atoms with Gasteiger partial charge in [0.15, 0.2) is 0 Å². The summed E-state index contributed by atoms with van der Waals surface area (Å²) in [5.74, 6) is 0.674. The lowest BCUT2D eigenvalue weighted by atomic mass is 10.2. The van der Waals surface area contributed by atoms with Gasteiger partial charge in [0.05, 0.1) is 17.0 Å². The van der Waals surface area contributed by atoms with Crippen molar-refractivity contribution < 1.29 is 4.74 Å². The molecule has 2 rings (SSSR count). The molecule has 19 heavy (non-hydrogen) atoms. The summed E-state index contributed by atoms with van der Waals surface area (Å²) in [7, 11) is 1.61. The summed E-state index contributed by atoms with van der Waals surface area (Å²) in [5, 5.41) is 8.44. The SMILES string of the molecule is COc1ccccc1Sc1nccc(C(=N)N)c1Cl. The van der Waals surface area contributed by atoms with Gasteiger partial charge in [-0.3, -0.25) is 5.41 Å². The lowest BCUT2D eigenvalue weighted by Crippen LogP contribution is -2.12. The first-order chi connectivity index (χ1) is 9.13. The number of nitrogens with zero attached hydrogens (tertiary/aromatic N) is 1. The Morgan fingerprint density at radius 2 is 2.11 bits per heavy atom. The van der Waals surface area contributed by atoms with E-state index in [0.29, 0.717) is 15.6 Å². The van der Waals surface area contributed by atoms with Crippen molar-refractivity contribution in [2.24, 2.45) is 5.73 Å². The highest BCUT2D eigenvalue weighted by molar-refractivity contribution is 7.99. The second kappa shape index (κ2) is 5.95. The number of nitrogens with one attached hydrogen (secondary N) is 1. The maximum Gasteiger partial charge on any atom is 0.132 e. The molecule has 0 fully saturated rings. The van der Waals surface area contributed by atoms with E-state index in [1.165, 1.54) is 11.8 Å². The summed E-state index contributed by atoms with van der Waals surface area (Å²) < 4.78 is 5.28. The first kappa shape index (κ1) is 13.7. The molecule has 2 aromatic rings. The molecule has 0 aliphatic rings. The number of hydrogen-bond acceptors (Lipinski definition) is 4. The fourth-order valence-electron chi connectivity index (χ4n) is 1.51. The van der Waals surface area contributed by atoms with Crippen LogP contribution in [0.1, 0.15) is 5.56 Å². The molecule has 0 radical (unpaired) electrons. The highest BCUT2D eigenvalue weighted by Gasteiger charge is 2.12. The molecule has 0 saturated carbocycles. The molecule has 1 aromatic heterocycles. The van der Waals surface area contributed by atoms with Crippen LogP contribution in [-0.4, -0.2) is 17.9 Å². The Balaban J connectivity index is 2.39. The van der Waals surface area contributed by atoms with Gasteiger partial charge in [-0.2, -0.15) is 0 Å². The van der Waals surface area contributed by atoms with E-state index in [9.17, 15) is 0 Å². The fraction of sp³-hybridized carbons (Fsp3) is 0.0769. The predicted octanol–water partition coefficient (Wildman–Crippen LogP) is 3.18. The number of benzene rings is 1. The standard InChI is InChI=1S/C13H12ClN3OS/c1-18-9-4-2-3-5-10(9)19-13-11(14)8(12(15)16)6-7-17-13/h2-7H,1H3,(H3,15,16). The van der Waals surface area contributed by atoms with E-state index in [-0.39, 0.29) is 5.84 Å². The normalized spacial score (nSPS) is 10.2. The second-order valence-corrected chi connectivity index (χ2v) is 5.05. The maximum atomic E-state index is 7.46. The lowest BCUT2D eigenvalue weighted by Gasteiger charge is -2.09. The van der Waals surface area contributed by atoms with Gasteiger partial charge in [-0.15, -0.1) is 0 Å². The first-order valence-electron chi connectivity index (χ1n) is 5.43. The molecular weight excluding hydrogens is 282 g/mol. The summed E-state index contributed by atoms with van der Waals surface area (Å²) in [6.07, 6.45) is 1.58. The number of pyridine rings is 1. The molecule has 0 unspecified atom stereocenters. The quantitative estimate of drug-likeness (QED) is 0.671. The summed E-state index contributed by atoms with van der Waals surface area (Å²) in [6.45, 7) is 0. The number of halogens is 1. The minimum absolute atomic E-state index is 0.0747. The van der Waals surface area contributed by atoms with Crippen LogP contribution in [-0.2, 0) is 0 Å². The molecule has 0 amide bonds. The van der Waals surface area contributed by atoms with Crippen LogP contribution >= 0.6 is 23.4 Å². The van der Waals surface area contributed by atoms with E-state index in [2.05, 4.69) is 4.98 Å². The number of nitrogen functional groups attached to an aromatic ring is 1. The summed E-state index contributed by atoms with van der Waals surface area (Å²) in [4.78, 5) is 5.12. The fourth-order valence-corrected chi connectivity index (χ4v) is 2.76. The topological polar surface area (TPSA) is 72.0 Å². The van der Waals surface area contributed by atoms with E-state index in [1.54, 1.807) is 19.4 Å². The number of nitrogens with two attached hydrogens (primary N) is 1. The van der Waals surface area contributed by atoms with Gasteiger partial charge in [0, 0.05) is 11.8 Å². The minimum Gasteiger partial charge on any atom is -0.496 e. The summed E-state index contributed by atoms with van der Waals surface area (Å²) in [6, 6.07) is 9.21. The number of para-hydroxylation sites is 1. The largest absolute Gasteiger partial charge is 0.496 e. The summed E-state index contributed by atoms with van der Waals surface area (Å²) >= 11 is 7.58. The van der Waals surface area contributed by atoms with Crippen LogP contribution in [0.25, 0.3) is 0 Å². The van der Waals surface area contributed by atoms with Crippen molar-refractivity contribution in [2.45, 2.75) is 9.92 Å². The van der Waals surface area contributed by atoms with Crippen LogP contribution in [0.15, 0.2) is 46.5 Å². The number of rotatable bonds is 4. The van der Waals surface area contributed by atoms with Crippen molar-refractivity contribution in [3.8, 4) is 5.75 Å². The second-order valence-electron chi connectivity index (χ2n) is 3.64. The van der Waals surface area contributed by atoms with Crippen LogP contribution in [0.3, 0.4) is 0 Å². The van der Waals surface area contributed by atoms with Gasteiger partial charge >= 0.3 is 0 Å². The van der Waals surface area contributed by atoms with E-state index in [4.69, 9.17) is 27.5 Å². The van der Waals surface area contributed by atoms with Crippen LogP contribution in [0.4, 0.5) is 0 Å². The molecule has 0 atom stereocenters. The molecular formula is C13H12ClN3OS. The average Bonchev–Trinajstić information content (AvgIpc) is 2.41. The van der Waals surface area contributed by atoms with Gasteiger partial charge < -0.3 is 10.5 Å². The van der Waals surface area contributed by atoms with Gasteiger partial charge in [0.25, 0.3) is 0 Å². The van der Waals surface area contributed by atoms with E-state index < -0.39 is 0 Å². The monoisotopic (exact) mass is 293 g/mol. The van der Waals surface area contributed by atoms with Crippen molar-refractivity contribution in [2.75, 3.05) is 7.11 Å². The van der Waals surface area contributed by atoms with Gasteiger partial charge in [-0.25, -0.2) is 4.98 Å². The third-order valence-corrected chi connectivity index (χ3v) is 3.98. The number of hydrogen-bond donors (Lipinski definition) is 2. The minimum atomic E-state index is -0.0747. The Bertz CT molecular complexity index is 619. The Hall–Kier alpha value is -1.72. The third kappa shape index (κ3) is 3.00. The van der Waals surface area contributed by atoms with Crippen molar-refractivity contribution in [1.82, 2.24) is 4.98 Å². The predicted molar refractivity (Wildman–Crippen MR) is 77.4 cm³/mol. The summed E-state index contributed by atoms with van der Waals surface area (Å²) in [5.41, 5.74) is 5.95. The zero-order valence-electron chi connectivity index (χ0n) is 10.2. The molecule has 0 saturated heterocycles. The average molecular weight is 294 g/mol.